The number of rotatable bonds is 5. The fourth-order valence-electron chi connectivity index (χ4n) is 4.12. The first-order valence-corrected chi connectivity index (χ1v) is 10.7. The number of carbonyl (C=O) groups excluding carboxylic acids is 1. The zero-order valence-corrected chi connectivity index (χ0v) is 18.5. The highest BCUT2D eigenvalue weighted by Crippen LogP contribution is 2.32. The molecule has 0 radical (unpaired) electrons. The normalized spacial score (nSPS) is 16.7. The number of fused-ring (bicyclic) bond motifs is 1. The SMILES string of the molecule is CNc1ccc2c(c1)nc(OC)n2[C@H]1CCCN(C(=O)Cc2cc(Cl)cc(Cl)c2)C1. The number of likely N-dealkylation sites (tertiary alicyclic amines) is 1. The number of carbonyl (C=O) groups is 1. The van der Waals surface area contributed by atoms with Crippen molar-refractivity contribution in [2.45, 2.75) is 25.3 Å². The van der Waals surface area contributed by atoms with Crippen molar-refractivity contribution in [2.24, 2.45) is 0 Å². The van der Waals surface area contributed by atoms with Crippen molar-refractivity contribution in [1.29, 1.82) is 0 Å². The summed E-state index contributed by atoms with van der Waals surface area (Å²) in [5, 5.41) is 4.22. The van der Waals surface area contributed by atoms with Crippen molar-refractivity contribution >= 4 is 45.8 Å². The first-order chi connectivity index (χ1) is 14.5. The second-order valence-corrected chi connectivity index (χ2v) is 8.39. The summed E-state index contributed by atoms with van der Waals surface area (Å²) in [5.41, 5.74) is 3.70. The molecule has 6 nitrogen and oxygen atoms in total. The maximum atomic E-state index is 13.0. The Morgan fingerprint density at radius 2 is 2.00 bits per heavy atom. The van der Waals surface area contributed by atoms with Crippen molar-refractivity contribution in [2.75, 3.05) is 32.6 Å². The van der Waals surface area contributed by atoms with Crippen molar-refractivity contribution in [3.8, 4) is 6.01 Å². The minimum Gasteiger partial charge on any atom is -0.468 e. The predicted molar refractivity (Wildman–Crippen MR) is 121 cm³/mol. The van der Waals surface area contributed by atoms with E-state index in [2.05, 4.69) is 14.9 Å². The molecule has 1 aliphatic rings. The highest BCUT2D eigenvalue weighted by atomic mass is 35.5. The Bertz CT molecular complexity index is 1060. The van der Waals surface area contributed by atoms with Crippen LogP contribution in [-0.4, -0.2) is 47.6 Å². The molecule has 4 rings (SSSR count). The van der Waals surface area contributed by atoms with E-state index in [1.165, 1.54) is 0 Å². The number of amides is 1. The van der Waals surface area contributed by atoms with Crippen LogP contribution in [0.4, 0.5) is 5.69 Å². The second kappa shape index (κ2) is 8.74. The Kier molecular flexibility index (Phi) is 6.06. The second-order valence-electron chi connectivity index (χ2n) is 7.51. The molecule has 30 heavy (non-hydrogen) atoms. The Balaban J connectivity index is 1.57. The van der Waals surface area contributed by atoms with Crippen LogP contribution in [0.2, 0.25) is 10.0 Å². The van der Waals surface area contributed by atoms with E-state index in [0.29, 0.717) is 22.6 Å². The lowest BCUT2D eigenvalue weighted by Gasteiger charge is -2.34. The summed E-state index contributed by atoms with van der Waals surface area (Å²) >= 11 is 12.2. The zero-order chi connectivity index (χ0) is 21.3. The largest absolute Gasteiger partial charge is 0.468 e. The van der Waals surface area contributed by atoms with E-state index in [4.69, 9.17) is 27.9 Å². The van der Waals surface area contributed by atoms with Crippen LogP contribution >= 0.6 is 23.2 Å². The average Bonchev–Trinajstić information content (AvgIpc) is 3.10. The lowest BCUT2D eigenvalue weighted by Crippen LogP contribution is -2.41. The summed E-state index contributed by atoms with van der Waals surface area (Å²) in [6.07, 6.45) is 2.16. The molecule has 0 saturated carbocycles. The van der Waals surface area contributed by atoms with E-state index in [1.807, 2.05) is 30.1 Å². The molecule has 1 atom stereocenters. The van der Waals surface area contributed by atoms with Gasteiger partial charge >= 0.3 is 0 Å². The van der Waals surface area contributed by atoms with Crippen molar-refractivity contribution < 1.29 is 9.53 Å². The molecule has 8 heteroatoms. The van der Waals surface area contributed by atoms with E-state index < -0.39 is 0 Å². The van der Waals surface area contributed by atoms with Gasteiger partial charge in [-0.3, -0.25) is 9.36 Å². The number of anilines is 1. The fourth-order valence-corrected chi connectivity index (χ4v) is 4.69. The average molecular weight is 447 g/mol. The van der Waals surface area contributed by atoms with Crippen LogP contribution in [-0.2, 0) is 11.2 Å². The molecule has 0 bridgehead atoms. The van der Waals surface area contributed by atoms with Gasteiger partial charge in [0.15, 0.2) is 0 Å². The zero-order valence-electron chi connectivity index (χ0n) is 17.0. The number of imidazole rings is 1. The summed E-state index contributed by atoms with van der Waals surface area (Å²) in [6.45, 7) is 1.35. The number of piperidine rings is 1. The number of nitrogens with zero attached hydrogens (tertiary/aromatic N) is 3. The molecule has 2 heterocycles. The number of hydrogen-bond acceptors (Lipinski definition) is 4. The van der Waals surface area contributed by atoms with Gasteiger partial charge in [0.25, 0.3) is 6.01 Å². The van der Waals surface area contributed by atoms with Gasteiger partial charge in [-0.2, -0.15) is 4.98 Å². The van der Waals surface area contributed by atoms with E-state index in [-0.39, 0.29) is 18.4 Å². The summed E-state index contributed by atoms with van der Waals surface area (Å²) in [4.78, 5) is 19.5. The number of hydrogen-bond donors (Lipinski definition) is 1. The molecule has 3 aromatic rings. The molecule has 1 amide bonds. The Labute approximate surface area is 185 Å². The Morgan fingerprint density at radius 3 is 2.70 bits per heavy atom. The molecular formula is C22H24Cl2N4O2. The summed E-state index contributed by atoms with van der Waals surface area (Å²) in [5.74, 6) is 0.0684. The highest BCUT2D eigenvalue weighted by molar-refractivity contribution is 6.34. The van der Waals surface area contributed by atoms with Crippen molar-refractivity contribution in [1.82, 2.24) is 14.5 Å². The highest BCUT2D eigenvalue weighted by Gasteiger charge is 2.28. The lowest BCUT2D eigenvalue weighted by molar-refractivity contribution is -0.132. The first-order valence-electron chi connectivity index (χ1n) is 9.95. The Hall–Kier alpha value is -2.44. The van der Waals surface area contributed by atoms with Gasteiger partial charge in [-0.1, -0.05) is 23.2 Å². The molecule has 1 saturated heterocycles. The number of aromatic nitrogens is 2. The van der Waals surface area contributed by atoms with E-state index in [0.717, 1.165) is 41.7 Å². The first kappa shape index (κ1) is 20.8. The molecule has 1 fully saturated rings. The van der Waals surface area contributed by atoms with Crippen molar-refractivity contribution in [3.63, 3.8) is 0 Å². The van der Waals surface area contributed by atoms with E-state index in [9.17, 15) is 4.79 Å². The standard InChI is InChI=1S/C22H24Cl2N4O2/c1-25-17-5-6-20-19(12-17)26-22(30-2)28(20)18-4-3-7-27(13-18)21(29)10-14-8-15(23)11-16(24)9-14/h5-6,8-9,11-12,18,25H,3-4,7,10,13H2,1-2H3/t18-/m0/s1. The van der Waals surface area contributed by atoms with Gasteiger partial charge in [0, 0.05) is 35.9 Å². The predicted octanol–water partition coefficient (Wildman–Crippen LogP) is 4.80. The van der Waals surface area contributed by atoms with Gasteiger partial charge in [0.1, 0.15) is 0 Å². The molecular weight excluding hydrogens is 423 g/mol. The van der Waals surface area contributed by atoms with Gasteiger partial charge in [-0.25, -0.2) is 0 Å². The molecule has 2 aromatic carbocycles. The number of ether oxygens (including phenoxy) is 1. The van der Waals surface area contributed by atoms with Gasteiger partial charge in [-0.05, 0) is 54.8 Å². The third kappa shape index (κ3) is 4.20. The summed E-state index contributed by atoms with van der Waals surface area (Å²) in [6, 6.07) is 12.0. The topological polar surface area (TPSA) is 59.4 Å². The molecule has 1 aromatic heterocycles. The fraction of sp³-hybridized carbons (Fsp3) is 0.364. The third-order valence-electron chi connectivity index (χ3n) is 5.52. The quantitative estimate of drug-likeness (QED) is 0.611. The Morgan fingerprint density at radius 1 is 1.23 bits per heavy atom. The molecule has 1 aliphatic heterocycles. The summed E-state index contributed by atoms with van der Waals surface area (Å²) < 4.78 is 7.69. The monoisotopic (exact) mass is 446 g/mol. The maximum absolute atomic E-state index is 13.0. The third-order valence-corrected chi connectivity index (χ3v) is 5.96. The van der Waals surface area contributed by atoms with Gasteiger partial charge in [0.05, 0.1) is 30.6 Å². The summed E-state index contributed by atoms with van der Waals surface area (Å²) in [7, 11) is 3.51. The van der Waals surface area contributed by atoms with Crippen LogP contribution in [0.3, 0.4) is 0 Å². The van der Waals surface area contributed by atoms with Gasteiger partial charge < -0.3 is 15.0 Å². The minimum atomic E-state index is 0.0684. The van der Waals surface area contributed by atoms with Crippen LogP contribution in [0.15, 0.2) is 36.4 Å². The number of benzene rings is 2. The van der Waals surface area contributed by atoms with E-state index >= 15 is 0 Å². The van der Waals surface area contributed by atoms with Gasteiger partial charge in [0.2, 0.25) is 5.91 Å². The van der Waals surface area contributed by atoms with E-state index in [1.54, 1.807) is 25.3 Å². The molecule has 0 unspecified atom stereocenters. The van der Waals surface area contributed by atoms with Crippen LogP contribution in [0.1, 0.15) is 24.4 Å². The molecule has 0 aliphatic carbocycles. The minimum absolute atomic E-state index is 0.0684. The van der Waals surface area contributed by atoms with Gasteiger partial charge in [-0.15, -0.1) is 0 Å². The molecule has 0 spiro atoms. The van der Waals surface area contributed by atoms with Crippen LogP contribution in [0.5, 0.6) is 6.01 Å². The number of methoxy groups -OCH3 is 1. The maximum Gasteiger partial charge on any atom is 0.297 e. The number of halogens is 2. The van der Waals surface area contributed by atoms with Crippen molar-refractivity contribution in [3.05, 3.63) is 52.0 Å². The van der Waals surface area contributed by atoms with Crippen LogP contribution in [0, 0.1) is 0 Å². The van der Waals surface area contributed by atoms with Crippen LogP contribution < -0.4 is 10.1 Å². The smallest absolute Gasteiger partial charge is 0.297 e. The number of nitrogens with one attached hydrogen (secondary N) is 1. The molecule has 158 valence electrons. The molecule has 1 N–H and O–H groups in total. The van der Waals surface area contributed by atoms with Crippen LogP contribution in [0.25, 0.3) is 11.0 Å². The lowest BCUT2D eigenvalue weighted by atomic mass is 10.0.